The average Bonchev–Trinajstić information content (AvgIpc) is 2.77. The van der Waals surface area contributed by atoms with E-state index >= 15 is 0 Å². The lowest BCUT2D eigenvalue weighted by molar-refractivity contribution is 0.223. The summed E-state index contributed by atoms with van der Waals surface area (Å²) in [7, 11) is 0. The van der Waals surface area contributed by atoms with Crippen LogP contribution in [0, 0.1) is 11.3 Å². The van der Waals surface area contributed by atoms with Crippen molar-refractivity contribution in [1.29, 1.82) is 0 Å². The molecule has 0 radical (unpaired) electrons. The van der Waals surface area contributed by atoms with Crippen molar-refractivity contribution in [2.24, 2.45) is 11.3 Å². The third-order valence-electron chi connectivity index (χ3n) is 4.22. The molecule has 106 valence electrons. The van der Waals surface area contributed by atoms with Crippen LogP contribution in [0.5, 0.6) is 0 Å². The van der Waals surface area contributed by atoms with Crippen LogP contribution in [0.2, 0.25) is 5.02 Å². The molecule has 1 aliphatic carbocycles. The van der Waals surface area contributed by atoms with Crippen LogP contribution < -0.4 is 5.32 Å². The van der Waals surface area contributed by atoms with Crippen molar-refractivity contribution < 1.29 is 0 Å². The lowest BCUT2D eigenvalue weighted by Gasteiger charge is -2.31. The summed E-state index contributed by atoms with van der Waals surface area (Å²) in [5, 5.41) is 4.49. The molecule has 0 aromatic heterocycles. The van der Waals surface area contributed by atoms with Crippen LogP contribution >= 0.6 is 11.6 Å². The van der Waals surface area contributed by atoms with Gasteiger partial charge in [-0.15, -0.1) is 0 Å². The third-order valence-corrected chi connectivity index (χ3v) is 4.46. The van der Waals surface area contributed by atoms with Gasteiger partial charge in [-0.25, -0.2) is 0 Å². The first-order valence-electron chi connectivity index (χ1n) is 7.55. The van der Waals surface area contributed by atoms with Crippen LogP contribution in [0.25, 0.3) is 0 Å². The SMILES string of the molecule is CC(C)CC1(CNCc2cccc(Cl)c2)CCCC1. The van der Waals surface area contributed by atoms with Gasteiger partial charge in [-0.3, -0.25) is 0 Å². The Morgan fingerprint density at radius 1 is 1.26 bits per heavy atom. The van der Waals surface area contributed by atoms with Crippen molar-refractivity contribution in [3.05, 3.63) is 34.9 Å². The molecule has 1 N–H and O–H groups in total. The highest BCUT2D eigenvalue weighted by Gasteiger charge is 2.33. The summed E-state index contributed by atoms with van der Waals surface area (Å²) in [4.78, 5) is 0. The molecule has 1 nitrogen and oxygen atoms in total. The number of hydrogen-bond acceptors (Lipinski definition) is 1. The van der Waals surface area contributed by atoms with Gasteiger partial charge in [0.2, 0.25) is 0 Å². The highest BCUT2D eigenvalue weighted by atomic mass is 35.5. The summed E-state index contributed by atoms with van der Waals surface area (Å²) >= 11 is 6.02. The predicted molar refractivity (Wildman–Crippen MR) is 83.5 cm³/mol. The lowest BCUT2D eigenvalue weighted by Crippen LogP contribution is -2.33. The first-order chi connectivity index (χ1) is 9.10. The molecule has 1 saturated carbocycles. The molecule has 1 aliphatic rings. The van der Waals surface area contributed by atoms with E-state index in [0.29, 0.717) is 5.41 Å². The topological polar surface area (TPSA) is 12.0 Å². The van der Waals surface area contributed by atoms with Crippen molar-refractivity contribution >= 4 is 11.6 Å². The van der Waals surface area contributed by atoms with Gasteiger partial charge in [-0.05, 0) is 48.3 Å². The quantitative estimate of drug-likeness (QED) is 0.769. The number of nitrogens with one attached hydrogen (secondary N) is 1. The van der Waals surface area contributed by atoms with Crippen molar-refractivity contribution in [2.45, 2.75) is 52.5 Å². The van der Waals surface area contributed by atoms with E-state index < -0.39 is 0 Å². The molecule has 0 saturated heterocycles. The van der Waals surface area contributed by atoms with E-state index in [1.165, 1.54) is 37.7 Å². The molecule has 1 fully saturated rings. The molecule has 1 aromatic rings. The van der Waals surface area contributed by atoms with Crippen molar-refractivity contribution in [1.82, 2.24) is 5.32 Å². The van der Waals surface area contributed by atoms with Gasteiger partial charge in [0, 0.05) is 18.1 Å². The fourth-order valence-corrected chi connectivity index (χ4v) is 3.78. The van der Waals surface area contributed by atoms with Crippen molar-refractivity contribution in [2.75, 3.05) is 6.54 Å². The fraction of sp³-hybridized carbons (Fsp3) is 0.647. The second-order valence-electron chi connectivity index (χ2n) is 6.54. The average molecular weight is 280 g/mol. The number of hydrogen-bond donors (Lipinski definition) is 1. The minimum Gasteiger partial charge on any atom is -0.312 e. The number of halogens is 1. The molecular weight excluding hydrogens is 254 g/mol. The molecule has 1 aromatic carbocycles. The number of rotatable bonds is 6. The summed E-state index contributed by atoms with van der Waals surface area (Å²) in [5.41, 5.74) is 1.83. The Balaban J connectivity index is 1.86. The molecule has 2 heteroatoms. The molecule has 0 aliphatic heterocycles. The molecule has 2 rings (SSSR count). The number of benzene rings is 1. The Hall–Kier alpha value is -0.530. The predicted octanol–water partition coefficient (Wildman–Crippen LogP) is 5.04. The second kappa shape index (κ2) is 6.76. The van der Waals surface area contributed by atoms with Gasteiger partial charge in [-0.1, -0.05) is 50.4 Å². The maximum Gasteiger partial charge on any atom is 0.0409 e. The summed E-state index contributed by atoms with van der Waals surface area (Å²) in [6.45, 7) is 6.77. The molecule has 0 heterocycles. The van der Waals surface area contributed by atoms with Gasteiger partial charge in [-0.2, -0.15) is 0 Å². The zero-order valence-corrected chi connectivity index (χ0v) is 13.0. The van der Waals surface area contributed by atoms with E-state index in [4.69, 9.17) is 11.6 Å². The van der Waals surface area contributed by atoms with Gasteiger partial charge in [0.1, 0.15) is 0 Å². The minimum absolute atomic E-state index is 0.548. The van der Waals surface area contributed by atoms with Crippen molar-refractivity contribution in [3.8, 4) is 0 Å². The van der Waals surface area contributed by atoms with Gasteiger partial charge in [0.15, 0.2) is 0 Å². The molecule has 0 atom stereocenters. The molecule has 0 amide bonds. The summed E-state index contributed by atoms with van der Waals surface area (Å²) < 4.78 is 0. The van der Waals surface area contributed by atoms with Crippen LogP contribution in [-0.2, 0) is 6.54 Å². The summed E-state index contributed by atoms with van der Waals surface area (Å²) in [6.07, 6.45) is 6.97. The molecule has 0 bridgehead atoms. The molecular formula is C17H26ClN. The Morgan fingerprint density at radius 3 is 2.63 bits per heavy atom. The van der Waals surface area contributed by atoms with Gasteiger partial charge in [0.05, 0.1) is 0 Å². The first kappa shape index (κ1) is 14.9. The van der Waals surface area contributed by atoms with Crippen LogP contribution in [0.3, 0.4) is 0 Å². The lowest BCUT2D eigenvalue weighted by atomic mass is 9.78. The largest absolute Gasteiger partial charge is 0.312 e. The standard InChI is InChI=1S/C17H26ClN/c1-14(2)11-17(8-3-4-9-17)13-19-12-15-6-5-7-16(18)10-15/h5-7,10,14,19H,3-4,8-9,11-13H2,1-2H3. The van der Waals surface area contributed by atoms with E-state index in [0.717, 1.165) is 24.0 Å². The van der Waals surface area contributed by atoms with Crippen molar-refractivity contribution in [3.63, 3.8) is 0 Å². The Labute approximate surface area is 122 Å². The Morgan fingerprint density at radius 2 is 2.00 bits per heavy atom. The monoisotopic (exact) mass is 279 g/mol. The first-order valence-corrected chi connectivity index (χ1v) is 7.93. The highest BCUT2D eigenvalue weighted by molar-refractivity contribution is 6.30. The zero-order valence-electron chi connectivity index (χ0n) is 12.2. The van der Waals surface area contributed by atoms with E-state index in [1.54, 1.807) is 0 Å². The molecule has 19 heavy (non-hydrogen) atoms. The van der Waals surface area contributed by atoms with Crippen LogP contribution in [0.4, 0.5) is 0 Å². The van der Waals surface area contributed by atoms with Crippen LogP contribution in [-0.4, -0.2) is 6.54 Å². The van der Waals surface area contributed by atoms with Gasteiger partial charge in [0.25, 0.3) is 0 Å². The maximum absolute atomic E-state index is 6.02. The molecule has 0 unspecified atom stereocenters. The smallest absolute Gasteiger partial charge is 0.0409 e. The van der Waals surface area contributed by atoms with E-state index in [9.17, 15) is 0 Å². The fourth-order valence-electron chi connectivity index (χ4n) is 3.56. The van der Waals surface area contributed by atoms with Gasteiger partial charge < -0.3 is 5.32 Å². The maximum atomic E-state index is 6.02. The normalized spacial score (nSPS) is 18.1. The molecule has 0 spiro atoms. The van der Waals surface area contributed by atoms with E-state index in [1.807, 2.05) is 12.1 Å². The summed E-state index contributed by atoms with van der Waals surface area (Å²) in [5.74, 6) is 0.797. The second-order valence-corrected chi connectivity index (χ2v) is 6.97. The van der Waals surface area contributed by atoms with Crippen LogP contribution in [0.1, 0.15) is 51.5 Å². The zero-order chi connectivity index (χ0) is 13.7. The van der Waals surface area contributed by atoms with E-state index in [-0.39, 0.29) is 0 Å². The van der Waals surface area contributed by atoms with Gasteiger partial charge >= 0.3 is 0 Å². The minimum atomic E-state index is 0.548. The van der Waals surface area contributed by atoms with E-state index in [2.05, 4.69) is 31.3 Å². The Bertz CT molecular complexity index is 394. The highest BCUT2D eigenvalue weighted by Crippen LogP contribution is 2.42. The Kier molecular flexibility index (Phi) is 5.29. The summed E-state index contributed by atoms with van der Waals surface area (Å²) in [6, 6.07) is 8.15. The third kappa shape index (κ3) is 4.50. The van der Waals surface area contributed by atoms with Crippen LogP contribution in [0.15, 0.2) is 24.3 Å².